The Hall–Kier alpha value is -2.10. The number of esters is 2. The summed E-state index contributed by atoms with van der Waals surface area (Å²) in [6.45, 7) is 4.23. The molecular formula is C18H20O4. The smallest absolute Gasteiger partial charge is 0.348 e. The van der Waals surface area contributed by atoms with Gasteiger partial charge >= 0.3 is 11.9 Å². The molecule has 22 heavy (non-hydrogen) atoms. The van der Waals surface area contributed by atoms with E-state index in [1.54, 1.807) is 0 Å². The number of carbonyl (C=O) groups excluding carboxylic acids is 2. The van der Waals surface area contributed by atoms with Gasteiger partial charge in [-0.1, -0.05) is 38.1 Å². The van der Waals surface area contributed by atoms with E-state index in [-0.39, 0.29) is 5.57 Å². The van der Waals surface area contributed by atoms with Crippen molar-refractivity contribution in [2.45, 2.75) is 51.2 Å². The lowest BCUT2D eigenvalue weighted by atomic mass is 10.0. The summed E-state index contributed by atoms with van der Waals surface area (Å²) < 4.78 is 10.8. The van der Waals surface area contributed by atoms with Crippen molar-refractivity contribution < 1.29 is 19.1 Å². The predicted octanol–water partition coefficient (Wildman–Crippen LogP) is 3.56. The maximum Gasteiger partial charge on any atom is 0.348 e. The van der Waals surface area contributed by atoms with Crippen molar-refractivity contribution in [3.63, 3.8) is 0 Å². The monoisotopic (exact) mass is 300 g/mol. The number of hydrogen-bond donors (Lipinski definition) is 0. The van der Waals surface area contributed by atoms with E-state index in [1.807, 2.05) is 24.3 Å². The lowest BCUT2D eigenvalue weighted by molar-refractivity contribution is -0.232. The minimum atomic E-state index is -1.01. The third-order valence-electron chi connectivity index (χ3n) is 4.28. The highest BCUT2D eigenvalue weighted by molar-refractivity contribution is 6.18. The molecule has 1 aromatic rings. The van der Waals surface area contributed by atoms with Crippen LogP contribution in [0.15, 0.2) is 29.8 Å². The van der Waals surface area contributed by atoms with Gasteiger partial charge in [-0.15, -0.1) is 0 Å². The van der Waals surface area contributed by atoms with Crippen molar-refractivity contribution >= 4 is 18.0 Å². The molecule has 0 radical (unpaired) electrons. The van der Waals surface area contributed by atoms with Crippen LogP contribution in [0.5, 0.6) is 0 Å². The molecule has 0 aromatic heterocycles. The number of benzene rings is 1. The standard InChI is InChI=1S/C18H20O4/c1-12(2)14-7-5-13(6-8-14)11-15-16(19)21-18(22-17(15)20)9-3-4-10-18/h5-8,11-12H,3-4,9-10H2,1-2H3. The molecule has 1 heterocycles. The second kappa shape index (κ2) is 5.59. The van der Waals surface area contributed by atoms with Crippen molar-refractivity contribution in [3.05, 3.63) is 41.0 Å². The molecule has 4 heteroatoms. The van der Waals surface area contributed by atoms with Crippen molar-refractivity contribution in [3.8, 4) is 0 Å². The Kier molecular flexibility index (Phi) is 3.77. The van der Waals surface area contributed by atoms with Gasteiger partial charge in [0.05, 0.1) is 0 Å². The van der Waals surface area contributed by atoms with Crippen LogP contribution in [-0.2, 0) is 19.1 Å². The van der Waals surface area contributed by atoms with Crippen molar-refractivity contribution in [1.29, 1.82) is 0 Å². The van der Waals surface area contributed by atoms with Crippen LogP contribution >= 0.6 is 0 Å². The fraction of sp³-hybridized carbons (Fsp3) is 0.444. The summed E-state index contributed by atoms with van der Waals surface area (Å²) in [7, 11) is 0. The zero-order valence-corrected chi connectivity index (χ0v) is 12.9. The minimum absolute atomic E-state index is 0.0326. The van der Waals surface area contributed by atoms with E-state index in [9.17, 15) is 9.59 Å². The molecule has 4 nitrogen and oxygen atoms in total. The zero-order chi connectivity index (χ0) is 15.7. The van der Waals surface area contributed by atoms with Crippen molar-refractivity contribution in [1.82, 2.24) is 0 Å². The van der Waals surface area contributed by atoms with Gasteiger partial charge in [-0.25, -0.2) is 9.59 Å². The van der Waals surface area contributed by atoms with E-state index < -0.39 is 17.7 Å². The van der Waals surface area contributed by atoms with Gasteiger partial charge < -0.3 is 9.47 Å². The number of rotatable bonds is 2. The van der Waals surface area contributed by atoms with Gasteiger partial charge in [-0.2, -0.15) is 0 Å². The van der Waals surface area contributed by atoms with Gasteiger partial charge in [0, 0.05) is 12.8 Å². The van der Waals surface area contributed by atoms with E-state index in [1.165, 1.54) is 11.6 Å². The molecule has 1 spiro atoms. The quantitative estimate of drug-likeness (QED) is 0.476. The molecule has 1 saturated heterocycles. The van der Waals surface area contributed by atoms with Gasteiger partial charge in [-0.3, -0.25) is 0 Å². The van der Waals surface area contributed by atoms with E-state index >= 15 is 0 Å². The highest BCUT2D eigenvalue weighted by atomic mass is 16.7. The molecule has 0 atom stereocenters. The van der Waals surface area contributed by atoms with Crippen LogP contribution in [0.2, 0.25) is 0 Å². The Bertz CT molecular complexity index is 597. The van der Waals surface area contributed by atoms with Crippen LogP contribution in [0.3, 0.4) is 0 Å². The van der Waals surface area contributed by atoms with Gasteiger partial charge in [-0.05, 0) is 36.0 Å². The Morgan fingerprint density at radius 3 is 2.05 bits per heavy atom. The third-order valence-corrected chi connectivity index (χ3v) is 4.28. The molecule has 0 unspecified atom stereocenters. The lowest BCUT2D eigenvalue weighted by Gasteiger charge is -2.32. The second-order valence-electron chi connectivity index (χ2n) is 6.28. The summed E-state index contributed by atoms with van der Waals surface area (Å²) >= 11 is 0. The fourth-order valence-corrected chi connectivity index (χ4v) is 2.93. The molecule has 0 amide bonds. The first kappa shape index (κ1) is 14.8. The molecule has 1 aliphatic carbocycles. The van der Waals surface area contributed by atoms with E-state index in [0.29, 0.717) is 18.8 Å². The summed E-state index contributed by atoms with van der Waals surface area (Å²) in [5.74, 6) is -1.72. The predicted molar refractivity (Wildman–Crippen MR) is 81.9 cm³/mol. The molecule has 3 rings (SSSR count). The van der Waals surface area contributed by atoms with Crippen LogP contribution in [0.4, 0.5) is 0 Å². The Morgan fingerprint density at radius 2 is 1.55 bits per heavy atom. The summed E-state index contributed by atoms with van der Waals surface area (Å²) in [6.07, 6.45) is 4.56. The first-order valence-electron chi connectivity index (χ1n) is 7.77. The Labute approximate surface area is 130 Å². The van der Waals surface area contributed by atoms with Gasteiger partial charge in [0.25, 0.3) is 5.79 Å². The van der Waals surface area contributed by atoms with Crippen molar-refractivity contribution in [2.24, 2.45) is 0 Å². The minimum Gasteiger partial charge on any atom is -0.419 e. The van der Waals surface area contributed by atoms with E-state index in [2.05, 4.69) is 13.8 Å². The molecule has 0 N–H and O–H groups in total. The molecule has 2 fully saturated rings. The Balaban J connectivity index is 1.82. The molecule has 1 aromatic carbocycles. The van der Waals surface area contributed by atoms with Crippen LogP contribution in [-0.4, -0.2) is 17.7 Å². The number of hydrogen-bond acceptors (Lipinski definition) is 4. The normalized spacial score (nSPS) is 20.2. The summed E-state index contributed by atoms with van der Waals surface area (Å²) in [4.78, 5) is 24.3. The highest BCUT2D eigenvalue weighted by Gasteiger charge is 2.47. The summed E-state index contributed by atoms with van der Waals surface area (Å²) in [6, 6.07) is 7.77. The van der Waals surface area contributed by atoms with Crippen LogP contribution < -0.4 is 0 Å². The molecule has 116 valence electrons. The average molecular weight is 300 g/mol. The van der Waals surface area contributed by atoms with Crippen molar-refractivity contribution in [2.75, 3.05) is 0 Å². The van der Waals surface area contributed by atoms with Crippen LogP contribution in [0, 0.1) is 0 Å². The zero-order valence-electron chi connectivity index (χ0n) is 12.9. The number of carbonyl (C=O) groups is 2. The topological polar surface area (TPSA) is 52.6 Å². The van der Waals surface area contributed by atoms with E-state index in [0.717, 1.165) is 18.4 Å². The van der Waals surface area contributed by atoms with Gasteiger partial charge in [0.2, 0.25) is 0 Å². The number of ether oxygens (including phenoxy) is 2. The first-order chi connectivity index (χ1) is 10.5. The lowest BCUT2D eigenvalue weighted by Crippen LogP contribution is -2.44. The SMILES string of the molecule is CC(C)c1ccc(C=C2C(=O)OC3(CCCC3)OC2=O)cc1. The third kappa shape index (κ3) is 2.78. The first-order valence-corrected chi connectivity index (χ1v) is 7.77. The highest BCUT2D eigenvalue weighted by Crippen LogP contribution is 2.38. The van der Waals surface area contributed by atoms with E-state index in [4.69, 9.17) is 9.47 Å². The van der Waals surface area contributed by atoms with Crippen LogP contribution in [0.25, 0.3) is 6.08 Å². The second-order valence-corrected chi connectivity index (χ2v) is 6.28. The maximum absolute atomic E-state index is 12.2. The Morgan fingerprint density at radius 1 is 1.00 bits per heavy atom. The molecule has 1 aliphatic heterocycles. The van der Waals surface area contributed by atoms with Gasteiger partial charge in [0.1, 0.15) is 5.57 Å². The molecule has 0 bridgehead atoms. The van der Waals surface area contributed by atoms with Gasteiger partial charge in [0.15, 0.2) is 0 Å². The molecular weight excluding hydrogens is 280 g/mol. The maximum atomic E-state index is 12.2. The molecule has 1 saturated carbocycles. The summed E-state index contributed by atoms with van der Waals surface area (Å²) in [5, 5.41) is 0. The average Bonchev–Trinajstić information content (AvgIpc) is 2.91. The summed E-state index contributed by atoms with van der Waals surface area (Å²) in [5.41, 5.74) is 1.96. The largest absolute Gasteiger partial charge is 0.419 e. The van der Waals surface area contributed by atoms with Crippen LogP contribution in [0.1, 0.15) is 56.6 Å². The molecule has 2 aliphatic rings. The fourth-order valence-electron chi connectivity index (χ4n) is 2.93.